The third kappa shape index (κ3) is 4.16. The van der Waals surface area contributed by atoms with E-state index in [1.54, 1.807) is 21.0 Å². The molecule has 2 N–H and O–H groups in total. The summed E-state index contributed by atoms with van der Waals surface area (Å²) in [5, 5.41) is 21.0. The minimum absolute atomic E-state index is 0.397. The number of β-lactam (4-membered cyclic amide) rings is 1. The van der Waals surface area contributed by atoms with Crippen LogP contribution in [0.4, 0.5) is 0 Å². The highest BCUT2D eigenvalue weighted by Crippen LogP contribution is 2.54. The van der Waals surface area contributed by atoms with E-state index in [2.05, 4.69) is 5.32 Å². The summed E-state index contributed by atoms with van der Waals surface area (Å²) in [7, 11) is 1.58. The number of nitrogens with one attached hydrogen (secondary N) is 1. The molecular formula is C22H27N3O5S2. The molecule has 2 aliphatic rings. The molecule has 4 atom stereocenters. The molecule has 1 aromatic rings. The van der Waals surface area contributed by atoms with Crippen LogP contribution in [0.2, 0.25) is 0 Å². The molecule has 8 nitrogen and oxygen atoms in total. The van der Waals surface area contributed by atoms with Gasteiger partial charge in [-0.1, -0.05) is 19.8 Å². The minimum atomic E-state index is -1.76. The molecule has 10 heteroatoms. The molecule has 172 valence electrons. The summed E-state index contributed by atoms with van der Waals surface area (Å²) in [5.74, 6) is -1.47. The van der Waals surface area contributed by atoms with Gasteiger partial charge in [0, 0.05) is 9.64 Å². The largest absolute Gasteiger partial charge is 0.497 e. The van der Waals surface area contributed by atoms with Crippen molar-refractivity contribution < 1.29 is 24.2 Å². The molecule has 0 radical (unpaired) electrons. The van der Waals surface area contributed by atoms with Crippen LogP contribution in [0.5, 0.6) is 5.75 Å². The number of benzene rings is 1. The number of aliphatic carboxylic acids is 1. The Bertz CT molecular complexity index is 946. The van der Waals surface area contributed by atoms with E-state index in [0.29, 0.717) is 12.2 Å². The van der Waals surface area contributed by atoms with Crippen LogP contribution in [0.15, 0.2) is 29.2 Å². The van der Waals surface area contributed by atoms with Gasteiger partial charge in [0.15, 0.2) is 0 Å². The van der Waals surface area contributed by atoms with Gasteiger partial charge in [-0.3, -0.25) is 9.59 Å². The molecule has 0 aromatic heterocycles. The number of ether oxygens (including phenoxy) is 1. The van der Waals surface area contributed by atoms with Crippen LogP contribution in [0.25, 0.3) is 0 Å². The quantitative estimate of drug-likeness (QED) is 0.412. The number of amides is 2. The van der Waals surface area contributed by atoms with Crippen LogP contribution >= 0.6 is 23.5 Å². The lowest BCUT2D eigenvalue weighted by atomic mass is 9.85. The summed E-state index contributed by atoms with van der Waals surface area (Å²) in [6.07, 6.45) is 2.29. The fourth-order valence-corrected chi connectivity index (χ4v) is 6.74. The van der Waals surface area contributed by atoms with E-state index >= 15 is 0 Å². The molecule has 2 heterocycles. The average Bonchev–Trinajstić information content (AvgIpc) is 3.04. The number of carbonyl (C=O) groups is 3. The van der Waals surface area contributed by atoms with Crippen LogP contribution in [0.3, 0.4) is 0 Å². The van der Waals surface area contributed by atoms with E-state index in [-0.39, 0.29) is 0 Å². The number of rotatable bonds is 9. The van der Waals surface area contributed by atoms with Crippen molar-refractivity contribution in [1.29, 1.82) is 5.26 Å². The lowest BCUT2D eigenvalue weighted by Gasteiger charge is -2.49. The molecule has 0 saturated carbocycles. The van der Waals surface area contributed by atoms with Gasteiger partial charge in [0.05, 0.1) is 12.4 Å². The van der Waals surface area contributed by atoms with E-state index < -0.39 is 44.7 Å². The van der Waals surface area contributed by atoms with Gasteiger partial charge in [-0.2, -0.15) is 5.26 Å². The topological polar surface area (TPSA) is 120 Å². The monoisotopic (exact) mass is 477 g/mol. The van der Waals surface area contributed by atoms with E-state index in [0.717, 1.165) is 17.7 Å². The van der Waals surface area contributed by atoms with Gasteiger partial charge >= 0.3 is 5.97 Å². The summed E-state index contributed by atoms with van der Waals surface area (Å²) in [5.41, 5.74) is -1.76. The predicted octanol–water partition coefficient (Wildman–Crippen LogP) is 2.87. The number of carboxylic acid groups (broad SMARTS) is 1. The molecule has 0 bridgehead atoms. The van der Waals surface area contributed by atoms with E-state index in [4.69, 9.17) is 4.74 Å². The molecule has 0 spiro atoms. The van der Waals surface area contributed by atoms with Gasteiger partial charge in [0.1, 0.15) is 23.2 Å². The van der Waals surface area contributed by atoms with Crippen molar-refractivity contribution in [2.45, 2.75) is 71.9 Å². The summed E-state index contributed by atoms with van der Waals surface area (Å²) in [6, 6.07) is 8.28. The number of carboxylic acids is 1. The molecule has 0 aliphatic carbocycles. The lowest BCUT2D eigenvalue weighted by molar-refractivity contribution is -0.165. The first kappa shape index (κ1) is 24.3. The molecule has 32 heavy (non-hydrogen) atoms. The van der Waals surface area contributed by atoms with Crippen LogP contribution in [-0.2, 0) is 14.4 Å². The zero-order valence-corrected chi connectivity index (χ0v) is 20.1. The number of unbranched alkanes of at least 4 members (excludes halogenated alkanes) is 1. The molecule has 1 aromatic carbocycles. The summed E-state index contributed by atoms with van der Waals surface area (Å²) in [6.45, 7) is 5.49. The highest BCUT2D eigenvalue weighted by molar-refractivity contribution is 8.01. The minimum Gasteiger partial charge on any atom is -0.497 e. The van der Waals surface area contributed by atoms with Crippen LogP contribution in [-0.4, -0.2) is 61.9 Å². The number of hydrogen-bond donors (Lipinski definition) is 2. The van der Waals surface area contributed by atoms with Crippen molar-refractivity contribution in [3.63, 3.8) is 0 Å². The maximum atomic E-state index is 13.3. The second kappa shape index (κ2) is 9.24. The highest BCUT2D eigenvalue weighted by Gasteiger charge is 2.73. The third-order valence-electron chi connectivity index (χ3n) is 5.73. The Morgan fingerprint density at radius 3 is 2.56 bits per heavy atom. The van der Waals surface area contributed by atoms with Crippen molar-refractivity contribution in [1.82, 2.24) is 10.2 Å². The first-order valence-corrected chi connectivity index (χ1v) is 12.1. The van der Waals surface area contributed by atoms with Crippen molar-refractivity contribution >= 4 is 41.3 Å². The Balaban J connectivity index is 1.80. The number of carbonyl (C=O) groups excluding carboxylic acids is 2. The Kier molecular flexibility index (Phi) is 7.00. The number of nitriles is 1. The average molecular weight is 478 g/mol. The second-order valence-electron chi connectivity index (χ2n) is 8.36. The zero-order chi connectivity index (χ0) is 23.7. The smallest absolute Gasteiger partial charge is 0.327 e. The van der Waals surface area contributed by atoms with E-state index in [1.165, 1.54) is 28.4 Å². The van der Waals surface area contributed by atoms with Crippen molar-refractivity contribution in [2.24, 2.45) is 0 Å². The lowest BCUT2D eigenvalue weighted by Crippen LogP contribution is -2.79. The molecule has 2 fully saturated rings. The Morgan fingerprint density at radius 2 is 2.03 bits per heavy atom. The number of hydrogen-bond acceptors (Lipinski definition) is 7. The Hall–Kier alpha value is -2.38. The number of thioether (sulfide) groups is 2. The summed E-state index contributed by atoms with van der Waals surface area (Å²) in [4.78, 5) is 40.1. The first-order valence-electron chi connectivity index (χ1n) is 10.4. The van der Waals surface area contributed by atoms with Gasteiger partial charge in [0.2, 0.25) is 11.4 Å². The fraction of sp³-hybridized carbons (Fsp3) is 0.545. The van der Waals surface area contributed by atoms with Gasteiger partial charge < -0.3 is 20.1 Å². The SMILES string of the molecule is CCCCC(Sc1ccc(OC)cc1)C(=O)N[C@@]1(C#N)C(=O)N2[C@@H](C(=O)O)C(C)(C)S[C@@H]21. The molecular weight excluding hydrogens is 450 g/mol. The summed E-state index contributed by atoms with van der Waals surface area (Å²) < 4.78 is 4.39. The first-order chi connectivity index (χ1) is 15.1. The predicted molar refractivity (Wildman–Crippen MR) is 122 cm³/mol. The van der Waals surface area contributed by atoms with Gasteiger partial charge in [-0.15, -0.1) is 23.5 Å². The molecule has 1 unspecified atom stereocenters. The normalized spacial score (nSPS) is 26.5. The molecule has 3 rings (SSSR count). The molecule has 2 amide bonds. The number of methoxy groups -OCH3 is 1. The fourth-order valence-electron chi connectivity index (χ4n) is 4.03. The Labute approximate surface area is 196 Å². The third-order valence-corrected chi connectivity index (χ3v) is 8.64. The maximum Gasteiger partial charge on any atom is 0.327 e. The highest BCUT2D eigenvalue weighted by atomic mass is 32.2. The van der Waals surface area contributed by atoms with E-state index in [1.807, 2.05) is 37.3 Å². The van der Waals surface area contributed by atoms with Gasteiger partial charge in [-0.05, 0) is 44.5 Å². The number of nitrogens with zero attached hydrogens (tertiary/aromatic N) is 2. The number of fused-ring (bicyclic) bond motifs is 1. The van der Waals surface area contributed by atoms with Gasteiger partial charge in [-0.25, -0.2) is 4.79 Å². The van der Waals surface area contributed by atoms with Crippen LogP contribution < -0.4 is 10.1 Å². The Morgan fingerprint density at radius 1 is 1.38 bits per heavy atom. The second-order valence-corrected chi connectivity index (χ2v) is 11.4. The standard InChI is InChI=1S/C22H27N3O5S2/c1-5-6-7-15(31-14-10-8-13(30-4)9-11-14)17(26)24-22(12-23)19(29)25-16(18(27)28)21(2,3)32-20(22)25/h8-11,15-16,20H,5-7H2,1-4H3,(H,24,26)(H,27,28)/t15?,16-,20+,22-/m0/s1. The van der Waals surface area contributed by atoms with Crippen LogP contribution in [0.1, 0.15) is 40.0 Å². The van der Waals surface area contributed by atoms with E-state index in [9.17, 15) is 24.8 Å². The van der Waals surface area contributed by atoms with Crippen molar-refractivity contribution in [3.05, 3.63) is 24.3 Å². The maximum absolute atomic E-state index is 13.3. The van der Waals surface area contributed by atoms with Crippen LogP contribution in [0, 0.1) is 11.3 Å². The summed E-state index contributed by atoms with van der Waals surface area (Å²) >= 11 is 2.61. The van der Waals surface area contributed by atoms with Crippen molar-refractivity contribution in [2.75, 3.05) is 7.11 Å². The van der Waals surface area contributed by atoms with Crippen molar-refractivity contribution in [3.8, 4) is 11.8 Å². The van der Waals surface area contributed by atoms with Gasteiger partial charge in [0.25, 0.3) is 5.91 Å². The molecule has 2 aliphatic heterocycles. The zero-order valence-electron chi connectivity index (χ0n) is 18.5. The molecule has 2 saturated heterocycles.